The van der Waals surface area contributed by atoms with Crippen molar-refractivity contribution in [3.63, 3.8) is 0 Å². The van der Waals surface area contributed by atoms with Crippen LogP contribution in [-0.4, -0.2) is 73.4 Å². The number of rotatable bonds is 4. The molecule has 134 valence electrons. The zero-order valence-electron chi connectivity index (χ0n) is 14.7. The maximum absolute atomic E-state index is 6.19. The maximum Gasteiger partial charge on any atom is 0.107 e. The van der Waals surface area contributed by atoms with Crippen molar-refractivity contribution in [2.45, 2.75) is 32.4 Å². The molecule has 5 nitrogen and oxygen atoms in total. The van der Waals surface area contributed by atoms with Crippen LogP contribution in [0.15, 0.2) is 5.38 Å². The van der Waals surface area contributed by atoms with Gasteiger partial charge in [-0.2, -0.15) is 0 Å². The Labute approximate surface area is 148 Å². The molecule has 3 aliphatic heterocycles. The van der Waals surface area contributed by atoms with Crippen LogP contribution in [-0.2, 0) is 16.0 Å². The van der Waals surface area contributed by atoms with E-state index in [9.17, 15) is 0 Å². The van der Waals surface area contributed by atoms with Crippen LogP contribution in [0.25, 0.3) is 0 Å². The van der Waals surface area contributed by atoms with Gasteiger partial charge in [0.1, 0.15) is 5.01 Å². The van der Waals surface area contributed by atoms with E-state index in [0.29, 0.717) is 12.0 Å². The Morgan fingerprint density at radius 1 is 1.17 bits per heavy atom. The van der Waals surface area contributed by atoms with Crippen molar-refractivity contribution in [1.82, 2.24) is 14.8 Å². The fourth-order valence-electron chi connectivity index (χ4n) is 4.30. The number of ether oxygens (including phenoxy) is 2. The second-order valence-corrected chi connectivity index (χ2v) is 8.50. The first-order valence-corrected chi connectivity index (χ1v) is 10.2. The van der Waals surface area contributed by atoms with Crippen LogP contribution in [0.2, 0.25) is 0 Å². The number of nitrogens with zero attached hydrogens (tertiary/aromatic N) is 3. The molecule has 0 aromatic carbocycles. The number of hydrogen-bond donors (Lipinski definition) is 0. The molecule has 3 aliphatic rings. The van der Waals surface area contributed by atoms with Crippen LogP contribution in [0.4, 0.5) is 0 Å². The third-order valence-corrected chi connectivity index (χ3v) is 6.52. The molecule has 2 atom stereocenters. The lowest BCUT2D eigenvalue weighted by Gasteiger charge is -2.30. The predicted octanol–water partition coefficient (Wildman–Crippen LogP) is 2.01. The predicted molar refractivity (Wildman–Crippen MR) is 95.3 cm³/mol. The lowest BCUT2D eigenvalue weighted by molar-refractivity contribution is 0.0453. The van der Waals surface area contributed by atoms with Crippen molar-refractivity contribution in [3.05, 3.63) is 16.1 Å². The maximum atomic E-state index is 6.19. The summed E-state index contributed by atoms with van der Waals surface area (Å²) in [5.74, 6) is 1.46. The Hall–Kier alpha value is -0.530. The van der Waals surface area contributed by atoms with E-state index < -0.39 is 0 Å². The highest BCUT2D eigenvalue weighted by molar-refractivity contribution is 7.09. The molecule has 0 saturated carbocycles. The minimum absolute atomic E-state index is 0.408. The standard InChI is InChI=1S/C18H29N3O2S/c1-14-13-24-18(19-14)12-21-10-16-9-20(4-7-23-17(16)11-21)8-15-2-5-22-6-3-15/h13,15-17H,2-12H2,1H3/t16-,17+/m0/s1. The molecule has 0 unspecified atom stereocenters. The van der Waals surface area contributed by atoms with Crippen molar-refractivity contribution in [1.29, 1.82) is 0 Å². The van der Waals surface area contributed by atoms with Gasteiger partial charge in [-0.15, -0.1) is 11.3 Å². The van der Waals surface area contributed by atoms with E-state index in [0.717, 1.165) is 57.6 Å². The molecule has 3 saturated heterocycles. The normalized spacial score (nSPS) is 30.4. The van der Waals surface area contributed by atoms with Gasteiger partial charge in [0.25, 0.3) is 0 Å². The van der Waals surface area contributed by atoms with Crippen LogP contribution in [0.1, 0.15) is 23.5 Å². The molecule has 0 aliphatic carbocycles. The number of fused-ring (bicyclic) bond motifs is 1. The molecule has 1 aromatic heterocycles. The first kappa shape index (κ1) is 16.9. The summed E-state index contributed by atoms with van der Waals surface area (Å²) >= 11 is 1.78. The summed E-state index contributed by atoms with van der Waals surface area (Å²) in [6.07, 6.45) is 2.85. The molecular weight excluding hydrogens is 322 g/mol. The number of hydrogen-bond acceptors (Lipinski definition) is 6. The highest BCUT2D eigenvalue weighted by Crippen LogP contribution is 2.27. The first-order valence-electron chi connectivity index (χ1n) is 9.31. The Morgan fingerprint density at radius 3 is 2.79 bits per heavy atom. The van der Waals surface area contributed by atoms with E-state index in [4.69, 9.17) is 9.47 Å². The van der Waals surface area contributed by atoms with Gasteiger partial charge in [-0.1, -0.05) is 0 Å². The summed E-state index contributed by atoms with van der Waals surface area (Å²) < 4.78 is 11.7. The molecule has 24 heavy (non-hydrogen) atoms. The van der Waals surface area contributed by atoms with E-state index in [1.807, 2.05) is 0 Å². The second kappa shape index (κ2) is 7.79. The highest BCUT2D eigenvalue weighted by Gasteiger charge is 2.37. The summed E-state index contributed by atoms with van der Waals surface area (Å²) in [4.78, 5) is 9.80. The van der Waals surface area contributed by atoms with Crippen molar-refractivity contribution >= 4 is 11.3 Å². The van der Waals surface area contributed by atoms with Crippen molar-refractivity contribution in [2.24, 2.45) is 11.8 Å². The topological polar surface area (TPSA) is 37.8 Å². The minimum atomic E-state index is 0.408. The van der Waals surface area contributed by atoms with E-state index in [1.54, 1.807) is 11.3 Å². The van der Waals surface area contributed by atoms with Crippen molar-refractivity contribution in [3.8, 4) is 0 Å². The smallest absolute Gasteiger partial charge is 0.107 e. The summed E-state index contributed by atoms with van der Waals surface area (Å²) in [6.45, 7) is 11.5. The van der Waals surface area contributed by atoms with Crippen molar-refractivity contribution < 1.29 is 9.47 Å². The van der Waals surface area contributed by atoms with Gasteiger partial charge in [0, 0.05) is 62.9 Å². The fourth-order valence-corrected chi connectivity index (χ4v) is 5.12. The van der Waals surface area contributed by atoms with E-state index in [1.165, 1.54) is 30.9 Å². The summed E-state index contributed by atoms with van der Waals surface area (Å²) in [6, 6.07) is 0. The third kappa shape index (κ3) is 4.17. The first-order chi connectivity index (χ1) is 11.8. The third-order valence-electron chi connectivity index (χ3n) is 5.57. The number of aryl methyl sites for hydroxylation is 1. The SMILES string of the molecule is Cc1csc(CN2C[C@@H]3CN(CC4CCOCC4)CCO[C@@H]3C2)n1. The Balaban J connectivity index is 1.31. The van der Waals surface area contributed by atoms with Gasteiger partial charge in [-0.05, 0) is 25.7 Å². The van der Waals surface area contributed by atoms with Crippen LogP contribution in [0, 0.1) is 18.8 Å². The van der Waals surface area contributed by atoms with Gasteiger partial charge in [0.15, 0.2) is 0 Å². The number of thiazole rings is 1. The quantitative estimate of drug-likeness (QED) is 0.830. The van der Waals surface area contributed by atoms with Gasteiger partial charge >= 0.3 is 0 Å². The molecule has 0 bridgehead atoms. The van der Waals surface area contributed by atoms with Gasteiger partial charge in [-0.3, -0.25) is 4.90 Å². The fraction of sp³-hybridized carbons (Fsp3) is 0.833. The van der Waals surface area contributed by atoms with Crippen LogP contribution >= 0.6 is 11.3 Å². The molecule has 0 amide bonds. The monoisotopic (exact) mass is 351 g/mol. The average Bonchev–Trinajstić information content (AvgIpc) is 3.10. The molecular formula is C18H29N3O2S. The molecule has 6 heteroatoms. The number of likely N-dealkylation sites (tertiary alicyclic amines) is 1. The van der Waals surface area contributed by atoms with Crippen LogP contribution in [0.3, 0.4) is 0 Å². The molecule has 1 aromatic rings. The van der Waals surface area contributed by atoms with E-state index in [-0.39, 0.29) is 0 Å². The Bertz CT molecular complexity index is 532. The molecule has 3 fully saturated rings. The minimum Gasteiger partial charge on any atom is -0.381 e. The lowest BCUT2D eigenvalue weighted by atomic mass is 9.98. The zero-order valence-corrected chi connectivity index (χ0v) is 15.5. The Morgan fingerprint density at radius 2 is 2.00 bits per heavy atom. The lowest BCUT2D eigenvalue weighted by Crippen LogP contribution is -2.37. The summed E-state index contributed by atoms with van der Waals surface area (Å²) in [5, 5.41) is 3.39. The number of aromatic nitrogens is 1. The summed E-state index contributed by atoms with van der Waals surface area (Å²) in [7, 11) is 0. The second-order valence-electron chi connectivity index (χ2n) is 7.56. The zero-order chi connectivity index (χ0) is 16.4. The molecule has 4 heterocycles. The average molecular weight is 352 g/mol. The van der Waals surface area contributed by atoms with Crippen LogP contribution < -0.4 is 0 Å². The van der Waals surface area contributed by atoms with E-state index >= 15 is 0 Å². The highest BCUT2D eigenvalue weighted by atomic mass is 32.1. The molecule has 0 N–H and O–H groups in total. The van der Waals surface area contributed by atoms with Gasteiger partial charge < -0.3 is 14.4 Å². The molecule has 0 radical (unpaired) electrons. The largest absolute Gasteiger partial charge is 0.381 e. The van der Waals surface area contributed by atoms with Crippen molar-refractivity contribution in [2.75, 3.05) is 52.5 Å². The summed E-state index contributed by atoms with van der Waals surface area (Å²) in [5.41, 5.74) is 1.14. The molecule has 4 rings (SSSR count). The molecule has 0 spiro atoms. The Kier molecular flexibility index (Phi) is 5.49. The van der Waals surface area contributed by atoms with Crippen LogP contribution in [0.5, 0.6) is 0 Å². The van der Waals surface area contributed by atoms with Gasteiger partial charge in [0.05, 0.1) is 19.3 Å². The van der Waals surface area contributed by atoms with Gasteiger partial charge in [0.2, 0.25) is 0 Å². The van der Waals surface area contributed by atoms with E-state index in [2.05, 4.69) is 27.1 Å². The van der Waals surface area contributed by atoms with Gasteiger partial charge in [-0.25, -0.2) is 4.98 Å².